The molecule has 1 aliphatic rings. The predicted octanol–water partition coefficient (Wildman–Crippen LogP) is 1.07. The Kier molecular flexibility index (Phi) is 2.13. The number of aliphatic hydroxyl groups is 1. The van der Waals surface area contributed by atoms with E-state index in [0.717, 1.165) is 5.56 Å². The molecule has 2 N–H and O–H groups in total. The Balaban J connectivity index is 2.37. The molecule has 4 heteroatoms. The molecule has 1 aromatic carbocycles. The first-order valence-corrected chi connectivity index (χ1v) is 4.41. The lowest BCUT2D eigenvalue weighted by molar-refractivity contribution is -0.118. The Bertz CT molecular complexity index is 374. The number of carbonyl (C=O) groups excluding carboxylic acids is 1. The zero-order valence-electron chi connectivity index (χ0n) is 7.78. The quantitative estimate of drug-likeness (QED) is 0.701. The summed E-state index contributed by atoms with van der Waals surface area (Å²) in [5.41, 5.74) is 1.38. The predicted molar refractivity (Wildman–Crippen MR) is 51.2 cm³/mol. The smallest absolute Gasteiger partial charge is 0.262 e. The third-order valence-electron chi connectivity index (χ3n) is 2.12. The van der Waals surface area contributed by atoms with Gasteiger partial charge < -0.3 is 15.2 Å². The number of aliphatic hydroxyl groups excluding tert-OH is 1. The SMILES string of the molecule is C[C@H](O)c1ccc2c(c1)NC(=O)CO2. The van der Waals surface area contributed by atoms with Gasteiger partial charge in [-0.2, -0.15) is 0 Å². The summed E-state index contributed by atoms with van der Waals surface area (Å²) in [4.78, 5) is 11.0. The van der Waals surface area contributed by atoms with Crippen LogP contribution in [-0.4, -0.2) is 17.6 Å². The monoisotopic (exact) mass is 193 g/mol. The first-order chi connectivity index (χ1) is 6.66. The third kappa shape index (κ3) is 1.56. The molecule has 0 aliphatic carbocycles. The maximum Gasteiger partial charge on any atom is 0.262 e. The molecular weight excluding hydrogens is 182 g/mol. The topological polar surface area (TPSA) is 58.6 Å². The van der Waals surface area contributed by atoms with E-state index in [-0.39, 0.29) is 12.5 Å². The van der Waals surface area contributed by atoms with Crippen molar-refractivity contribution in [1.82, 2.24) is 0 Å². The Morgan fingerprint density at radius 3 is 3.07 bits per heavy atom. The molecule has 0 spiro atoms. The van der Waals surface area contributed by atoms with Gasteiger partial charge in [-0.15, -0.1) is 0 Å². The van der Waals surface area contributed by atoms with E-state index in [0.29, 0.717) is 11.4 Å². The Labute approximate surface area is 81.5 Å². The number of benzene rings is 1. The molecule has 4 nitrogen and oxygen atoms in total. The van der Waals surface area contributed by atoms with E-state index >= 15 is 0 Å². The van der Waals surface area contributed by atoms with Crippen molar-refractivity contribution in [2.24, 2.45) is 0 Å². The molecule has 14 heavy (non-hydrogen) atoms. The van der Waals surface area contributed by atoms with Gasteiger partial charge in [0.25, 0.3) is 5.91 Å². The lowest BCUT2D eigenvalue weighted by Crippen LogP contribution is -2.25. The van der Waals surface area contributed by atoms with Gasteiger partial charge in [-0.1, -0.05) is 6.07 Å². The van der Waals surface area contributed by atoms with E-state index in [1.807, 2.05) is 0 Å². The standard InChI is InChI=1S/C10H11NO3/c1-6(12)7-2-3-9-8(4-7)11-10(13)5-14-9/h2-4,6,12H,5H2,1H3,(H,11,13)/t6-/m0/s1. The molecule has 1 aromatic rings. The molecule has 0 fully saturated rings. The van der Waals surface area contributed by atoms with Crippen molar-refractivity contribution in [3.05, 3.63) is 23.8 Å². The molecule has 0 unspecified atom stereocenters. The highest BCUT2D eigenvalue weighted by Gasteiger charge is 2.16. The van der Waals surface area contributed by atoms with Crippen molar-refractivity contribution in [3.8, 4) is 5.75 Å². The molecule has 1 atom stereocenters. The summed E-state index contributed by atoms with van der Waals surface area (Å²) in [5.74, 6) is 0.481. The van der Waals surface area contributed by atoms with Gasteiger partial charge in [-0.3, -0.25) is 4.79 Å². The van der Waals surface area contributed by atoms with E-state index < -0.39 is 6.10 Å². The van der Waals surface area contributed by atoms with Crippen molar-refractivity contribution in [2.45, 2.75) is 13.0 Å². The summed E-state index contributed by atoms with van der Waals surface area (Å²) in [7, 11) is 0. The van der Waals surface area contributed by atoms with Crippen LogP contribution in [0.25, 0.3) is 0 Å². The number of hydrogen-bond donors (Lipinski definition) is 2. The normalized spacial score (nSPS) is 16.6. The summed E-state index contributed by atoms with van der Waals surface area (Å²) in [6.07, 6.45) is -0.542. The molecule has 1 aliphatic heterocycles. The second-order valence-electron chi connectivity index (χ2n) is 3.27. The number of fused-ring (bicyclic) bond motifs is 1. The number of anilines is 1. The molecule has 0 saturated carbocycles. The minimum atomic E-state index is -0.542. The van der Waals surface area contributed by atoms with Gasteiger partial charge in [0.2, 0.25) is 0 Å². The lowest BCUT2D eigenvalue weighted by Gasteiger charge is -2.19. The molecule has 0 radical (unpaired) electrons. The molecule has 2 rings (SSSR count). The minimum absolute atomic E-state index is 0.0566. The van der Waals surface area contributed by atoms with E-state index in [1.54, 1.807) is 25.1 Å². The largest absolute Gasteiger partial charge is 0.482 e. The molecule has 74 valence electrons. The third-order valence-corrected chi connectivity index (χ3v) is 2.12. The van der Waals surface area contributed by atoms with Crippen LogP contribution in [0.15, 0.2) is 18.2 Å². The Hall–Kier alpha value is -1.55. The summed E-state index contributed by atoms with van der Waals surface area (Å²) in [5, 5.41) is 12.0. The van der Waals surface area contributed by atoms with Crippen molar-refractivity contribution < 1.29 is 14.6 Å². The summed E-state index contributed by atoms with van der Waals surface area (Å²) >= 11 is 0. The fourth-order valence-corrected chi connectivity index (χ4v) is 1.36. The summed E-state index contributed by atoms with van der Waals surface area (Å²) < 4.78 is 5.18. The van der Waals surface area contributed by atoms with Crippen LogP contribution >= 0.6 is 0 Å². The number of carbonyl (C=O) groups is 1. The number of nitrogens with one attached hydrogen (secondary N) is 1. The van der Waals surface area contributed by atoms with Crippen LogP contribution < -0.4 is 10.1 Å². The van der Waals surface area contributed by atoms with Crippen LogP contribution in [0.4, 0.5) is 5.69 Å². The zero-order valence-corrected chi connectivity index (χ0v) is 7.78. The lowest BCUT2D eigenvalue weighted by atomic mass is 10.1. The molecule has 1 heterocycles. The van der Waals surface area contributed by atoms with Crippen LogP contribution in [0.5, 0.6) is 5.75 Å². The van der Waals surface area contributed by atoms with Crippen LogP contribution in [0.3, 0.4) is 0 Å². The van der Waals surface area contributed by atoms with Gasteiger partial charge in [0.1, 0.15) is 5.75 Å². The maximum absolute atomic E-state index is 11.0. The maximum atomic E-state index is 11.0. The average molecular weight is 193 g/mol. The van der Waals surface area contributed by atoms with E-state index in [2.05, 4.69) is 5.32 Å². The van der Waals surface area contributed by atoms with E-state index in [1.165, 1.54) is 0 Å². The minimum Gasteiger partial charge on any atom is -0.482 e. The molecule has 1 amide bonds. The molecule has 0 aromatic heterocycles. The van der Waals surface area contributed by atoms with Gasteiger partial charge in [-0.25, -0.2) is 0 Å². The van der Waals surface area contributed by atoms with Crippen LogP contribution in [-0.2, 0) is 4.79 Å². The number of rotatable bonds is 1. The van der Waals surface area contributed by atoms with E-state index in [9.17, 15) is 9.90 Å². The number of amides is 1. The Morgan fingerprint density at radius 2 is 2.36 bits per heavy atom. The van der Waals surface area contributed by atoms with Gasteiger partial charge in [0.15, 0.2) is 6.61 Å². The van der Waals surface area contributed by atoms with Gasteiger partial charge in [0.05, 0.1) is 11.8 Å². The van der Waals surface area contributed by atoms with Crippen molar-refractivity contribution >= 4 is 11.6 Å². The van der Waals surface area contributed by atoms with Gasteiger partial charge in [-0.05, 0) is 24.6 Å². The highest BCUT2D eigenvalue weighted by molar-refractivity contribution is 5.95. The number of hydrogen-bond acceptors (Lipinski definition) is 3. The second kappa shape index (κ2) is 3.31. The van der Waals surface area contributed by atoms with Crippen LogP contribution in [0.1, 0.15) is 18.6 Å². The summed E-state index contributed by atoms with van der Waals surface area (Å²) in [6, 6.07) is 5.24. The fraction of sp³-hybridized carbons (Fsp3) is 0.300. The van der Waals surface area contributed by atoms with Crippen molar-refractivity contribution in [3.63, 3.8) is 0 Å². The fourth-order valence-electron chi connectivity index (χ4n) is 1.36. The van der Waals surface area contributed by atoms with Crippen molar-refractivity contribution in [2.75, 3.05) is 11.9 Å². The first kappa shape index (κ1) is 9.02. The summed E-state index contributed by atoms with van der Waals surface area (Å²) in [6.45, 7) is 1.73. The second-order valence-corrected chi connectivity index (χ2v) is 3.27. The Morgan fingerprint density at radius 1 is 1.57 bits per heavy atom. The molecule has 0 bridgehead atoms. The van der Waals surface area contributed by atoms with Gasteiger partial charge in [0, 0.05) is 0 Å². The average Bonchev–Trinajstić information content (AvgIpc) is 2.16. The van der Waals surface area contributed by atoms with Crippen LogP contribution in [0.2, 0.25) is 0 Å². The number of ether oxygens (including phenoxy) is 1. The highest BCUT2D eigenvalue weighted by Crippen LogP contribution is 2.30. The van der Waals surface area contributed by atoms with Crippen LogP contribution in [0, 0.1) is 0 Å². The molecular formula is C10H11NO3. The first-order valence-electron chi connectivity index (χ1n) is 4.41. The van der Waals surface area contributed by atoms with Crippen molar-refractivity contribution in [1.29, 1.82) is 0 Å². The zero-order chi connectivity index (χ0) is 10.1. The van der Waals surface area contributed by atoms with E-state index in [4.69, 9.17) is 4.74 Å². The van der Waals surface area contributed by atoms with Gasteiger partial charge >= 0.3 is 0 Å². The highest BCUT2D eigenvalue weighted by atomic mass is 16.5. The molecule has 0 saturated heterocycles.